The number of benzene rings is 1. The van der Waals surface area contributed by atoms with Crippen molar-refractivity contribution >= 4 is 17.5 Å². The predicted octanol–water partition coefficient (Wildman–Crippen LogP) is 2.98. The summed E-state index contributed by atoms with van der Waals surface area (Å²) in [4.78, 5) is 16.7. The molecule has 0 aliphatic heterocycles. The second-order valence-corrected chi connectivity index (χ2v) is 4.27. The molecule has 0 saturated carbocycles. The fraction of sp³-hybridized carbons (Fsp3) is 0.133. The van der Waals surface area contributed by atoms with Gasteiger partial charge in [0.05, 0.1) is 5.69 Å². The Morgan fingerprint density at radius 2 is 1.89 bits per heavy atom. The molecule has 0 amide bonds. The number of nitrogens with zero attached hydrogens (tertiary/aromatic N) is 1. The molecule has 1 heterocycles. The second kappa shape index (κ2) is 5.36. The number of H-pyrrole nitrogens is 1. The van der Waals surface area contributed by atoms with Crippen LogP contribution in [0.25, 0.3) is 6.08 Å². The first-order chi connectivity index (χ1) is 8.66. The lowest BCUT2D eigenvalue weighted by Crippen LogP contribution is -2.07. The molecule has 2 aromatic rings. The minimum absolute atomic E-state index is 0.0170. The third kappa shape index (κ3) is 2.88. The summed E-state index contributed by atoms with van der Waals surface area (Å²) in [6.45, 7) is 0. The summed E-state index contributed by atoms with van der Waals surface area (Å²) in [7, 11) is 4.00. The summed E-state index contributed by atoms with van der Waals surface area (Å²) in [6.07, 6.45) is 5.14. The van der Waals surface area contributed by atoms with E-state index in [1.807, 2.05) is 55.4 Å². The van der Waals surface area contributed by atoms with E-state index in [2.05, 4.69) is 4.98 Å². The maximum absolute atomic E-state index is 11.7. The Bertz CT molecular complexity index is 536. The number of carbonyl (C=O) groups is 1. The number of rotatable bonds is 4. The van der Waals surface area contributed by atoms with Crippen LogP contribution in [0.1, 0.15) is 16.1 Å². The van der Waals surface area contributed by atoms with E-state index in [1.54, 1.807) is 18.3 Å². The van der Waals surface area contributed by atoms with E-state index in [-0.39, 0.29) is 5.78 Å². The van der Waals surface area contributed by atoms with Crippen LogP contribution in [0.15, 0.2) is 48.7 Å². The van der Waals surface area contributed by atoms with Gasteiger partial charge in [0.25, 0.3) is 0 Å². The zero-order valence-electron chi connectivity index (χ0n) is 10.6. The van der Waals surface area contributed by atoms with E-state index in [0.29, 0.717) is 5.69 Å². The van der Waals surface area contributed by atoms with Crippen LogP contribution in [0.4, 0.5) is 5.69 Å². The molecular weight excluding hydrogens is 224 g/mol. The Kier molecular flexibility index (Phi) is 3.63. The van der Waals surface area contributed by atoms with Crippen molar-refractivity contribution in [1.29, 1.82) is 0 Å². The number of hydrogen-bond acceptors (Lipinski definition) is 2. The van der Waals surface area contributed by atoms with Crippen LogP contribution in [0, 0.1) is 0 Å². The summed E-state index contributed by atoms with van der Waals surface area (Å²) in [6, 6.07) is 11.6. The molecule has 3 nitrogen and oxygen atoms in total. The molecule has 0 unspecified atom stereocenters. The van der Waals surface area contributed by atoms with Gasteiger partial charge < -0.3 is 9.88 Å². The molecule has 18 heavy (non-hydrogen) atoms. The molecule has 1 aromatic heterocycles. The van der Waals surface area contributed by atoms with Gasteiger partial charge in [-0.2, -0.15) is 0 Å². The summed E-state index contributed by atoms with van der Waals surface area (Å²) in [5.41, 5.74) is 2.76. The third-order valence-electron chi connectivity index (χ3n) is 2.70. The van der Waals surface area contributed by atoms with Crippen molar-refractivity contribution in [3.8, 4) is 0 Å². The molecule has 92 valence electrons. The van der Waals surface area contributed by atoms with E-state index >= 15 is 0 Å². The van der Waals surface area contributed by atoms with Gasteiger partial charge in [-0.1, -0.05) is 18.2 Å². The van der Waals surface area contributed by atoms with Gasteiger partial charge in [-0.15, -0.1) is 0 Å². The first kappa shape index (κ1) is 12.2. The number of ketones is 1. The van der Waals surface area contributed by atoms with Crippen molar-refractivity contribution in [3.63, 3.8) is 0 Å². The molecule has 1 N–H and O–H groups in total. The first-order valence-electron chi connectivity index (χ1n) is 5.80. The molecule has 0 spiro atoms. The van der Waals surface area contributed by atoms with Crippen LogP contribution in [0.3, 0.4) is 0 Å². The number of aromatic amines is 1. The Hall–Kier alpha value is -2.29. The molecule has 2 rings (SSSR count). The molecule has 3 heteroatoms. The van der Waals surface area contributed by atoms with Crippen molar-refractivity contribution in [2.45, 2.75) is 0 Å². The number of nitrogens with one attached hydrogen (secondary N) is 1. The summed E-state index contributed by atoms with van der Waals surface area (Å²) in [5, 5.41) is 0. The maximum Gasteiger partial charge on any atom is 0.201 e. The molecule has 0 saturated heterocycles. The molecular formula is C15H16N2O. The smallest absolute Gasteiger partial charge is 0.201 e. The van der Waals surface area contributed by atoms with Crippen LogP contribution in [-0.4, -0.2) is 24.9 Å². The maximum atomic E-state index is 11.7. The second-order valence-electron chi connectivity index (χ2n) is 4.27. The van der Waals surface area contributed by atoms with Gasteiger partial charge in [-0.3, -0.25) is 4.79 Å². The van der Waals surface area contributed by atoms with E-state index in [9.17, 15) is 4.79 Å². The normalized spacial score (nSPS) is 10.8. The van der Waals surface area contributed by atoms with E-state index < -0.39 is 0 Å². The predicted molar refractivity (Wildman–Crippen MR) is 74.9 cm³/mol. The molecule has 0 radical (unpaired) electrons. The quantitative estimate of drug-likeness (QED) is 0.658. The van der Waals surface area contributed by atoms with E-state index in [4.69, 9.17) is 0 Å². The fourth-order valence-corrected chi connectivity index (χ4v) is 1.63. The van der Waals surface area contributed by atoms with Crippen LogP contribution in [0.2, 0.25) is 0 Å². The Morgan fingerprint density at radius 3 is 2.44 bits per heavy atom. The van der Waals surface area contributed by atoms with Crippen molar-refractivity contribution < 1.29 is 4.79 Å². The Balaban J connectivity index is 2.07. The lowest BCUT2D eigenvalue weighted by molar-refractivity contribution is 0.104. The lowest BCUT2D eigenvalue weighted by atomic mass is 10.1. The summed E-state index contributed by atoms with van der Waals surface area (Å²) < 4.78 is 0. The number of allylic oxidation sites excluding steroid dienone is 1. The van der Waals surface area contributed by atoms with Crippen LogP contribution in [-0.2, 0) is 0 Å². The standard InChI is InChI=1S/C15H16N2O/c1-17(2)13-8-5-12(6-9-13)7-10-15(18)14-4-3-11-16-14/h3-11,16H,1-2H3/b10-7+. The van der Waals surface area contributed by atoms with Gasteiger partial charge in [0.15, 0.2) is 0 Å². The summed E-state index contributed by atoms with van der Waals surface area (Å²) in [5.74, 6) is -0.0170. The van der Waals surface area contributed by atoms with Crippen LogP contribution < -0.4 is 4.90 Å². The largest absolute Gasteiger partial charge is 0.378 e. The van der Waals surface area contributed by atoms with Crippen molar-refractivity contribution in [3.05, 3.63) is 59.9 Å². The minimum atomic E-state index is -0.0170. The van der Waals surface area contributed by atoms with E-state index in [0.717, 1.165) is 11.3 Å². The minimum Gasteiger partial charge on any atom is -0.378 e. The van der Waals surface area contributed by atoms with Crippen molar-refractivity contribution in [1.82, 2.24) is 4.98 Å². The van der Waals surface area contributed by atoms with Gasteiger partial charge >= 0.3 is 0 Å². The SMILES string of the molecule is CN(C)c1ccc(/C=C/C(=O)c2ccc[nH]2)cc1. The molecule has 0 bridgehead atoms. The van der Waals surface area contributed by atoms with Crippen molar-refractivity contribution in [2.75, 3.05) is 19.0 Å². The van der Waals surface area contributed by atoms with Gasteiger partial charge in [-0.25, -0.2) is 0 Å². The number of aromatic nitrogens is 1. The highest BCUT2D eigenvalue weighted by Crippen LogP contribution is 2.13. The van der Waals surface area contributed by atoms with Crippen LogP contribution >= 0.6 is 0 Å². The molecule has 1 aromatic carbocycles. The van der Waals surface area contributed by atoms with Gasteiger partial charge in [0, 0.05) is 26.0 Å². The molecule has 0 atom stereocenters. The highest BCUT2D eigenvalue weighted by atomic mass is 16.1. The number of anilines is 1. The summed E-state index contributed by atoms with van der Waals surface area (Å²) >= 11 is 0. The highest BCUT2D eigenvalue weighted by Gasteiger charge is 2.00. The third-order valence-corrected chi connectivity index (χ3v) is 2.70. The average Bonchev–Trinajstić information content (AvgIpc) is 2.90. The zero-order valence-corrected chi connectivity index (χ0v) is 10.6. The Labute approximate surface area is 107 Å². The van der Waals surface area contributed by atoms with Crippen molar-refractivity contribution in [2.24, 2.45) is 0 Å². The zero-order chi connectivity index (χ0) is 13.0. The fourth-order valence-electron chi connectivity index (χ4n) is 1.63. The van der Waals surface area contributed by atoms with Gasteiger partial charge in [-0.05, 0) is 35.9 Å². The van der Waals surface area contributed by atoms with E-state index in [1.165, 1.54) is 0 Å². The Morgan fingerprint density at radius 1 is 1.17 bits per heavy atom. The first-order valence-corrected chi connectivity index (χ1v) is 5.80. The highest BCUT2D eigenvalue weighted by molar-refractivity contribution is 6.05. The number of hydrogen-bond donors (Lipinski definition) is 1. The average molecular weight is 240 g/mol. The van der Waals surface area contributed by atoms with Gasteiger partial charge in [0.2, 0.25) is 5.78 Å². The molecule has 0 fully saturated rings. The van der Waals surface area contributed by atoms with Crippen LogP contribution in [0.5, 0.6) is 0 Å². The van der Waals surface area contributed by atoms with Gasteiger partial charge in [0.1, 0.15) is 0 Å². The number of carbonyl (C=O) groups excluding carboxylic acids is 1. The molecule has 0 aliphatic rings. The lowest BCUT2D eigenvalue weighted by Gasteiger charge is -2.11. The molecule has 0 aliphatic carbocycles. The monoisotopic (exact) mass is 240 g/mol. The topological polar surface area (TPSA) is 36.1 Å².